The fourth-order valence-corrected chi connectivity index (χ4v) is 5.28. The fraction of sp³-hybridized carbons (Fsp3) is 0.562. The number of nitriles is 1. The Kier molecular flexibility index (Phi) is 4.01. The van der Waals surface area contributed by atoms with Crippen molar-refractivity contribution in [2.45, 2.75) is 49.8 Å². The van der Waals surface area contributed by atoms with Gasteiger partial charge >= 0.3 is 0 Å². The molecule has 0 amide bonds. The first-order chi connectivity index (χ1) is 10.1. The second kappa shape index (κ2) is 5.78. The van der Waals surface area contributed by atoms with Gasteiger partial charge in [0.2, 0.25) is 10.0 Å². The minimum absolute atomic E-state index is 0.106. The Bertz CT molecular complexity index is 663. The van der Waals surface area contributed by atoms with E-state index < -0.39 is 15.3 Å². The van der Waals surface area contributed by atoms with Gasteiger partial charge in [0.25, 0.3) is 0 Å². The quantitative estimate of drug-likeness (QED) is 0.933. The summed E-state index contributed by atoms with van der Waals surface area (Å²) in [5.74, 6) is -0.106. The normalized spacial score (nSPS) is 28.8. The highest BCUT2D eigenvalue weighted by molar-refractivity contribution is 7.90. The third kappa shape index (κ3) is 2.97. The molecule has 1 aromatic rings. The van der Waals surface area contributed by atoms with Gasteiger partial charge in [-0.3, -0.25) is 0 Å². The molecule has 0 aromatic heterocycles. The standard InChI is InChI=1S/C16H20N2O2S/c17-11-12-8-9-14(10-12)21(19,20)18-16-7-3-5-13-4-1-2-6-15(13)16/h1-2,4,6,12,14,16,18H,3,5,7-10H2. The first-order valence-electron chi connectivity index (χ1n) is 7.58. The highest BCUT2D eigenvalue weighted by Crippen LogP contribution is 2.33. The van der Waals surface area contributed by atoms with E-state index >= 15 is 0 Å². The highest BCUT2D eigenvalue weighted by atomic mass is 32.2. The van der Waals surface area contributed by atoms with E-state index in [1.807, 2.05) is 18.2 Å². The van der Waals surface area contributed by atoms with Crippen LogP contribution in [0.3, 0.4) is 0 Å². The van der Waals surface area contributed by atoms with E-state index in [4.69, 9.17) is 5.26 Å². The monoisotopic (exact) mass is 304 g/mol. The zero-order valence-electron chi connectivity index (χ0n) is 12.0. The molecule has 3 unspecified atom stereocenters. The van der Waals surface area contributed by atoms with E-state index in [0.29, 0.717) is 19.3 Å². The number of sulfonamides is 1. The smallest absolute Gasteiger partial charge is 0.212 e. The first-order valence-corrected chi connectivity index (χ1v) is 9.13. The van der Waals surface area contributed by atoms with Crippen molar-refractivity contribution in [1.82, 2.24) is 4.72 Å². The Labute approximate surface area is 126 Å². The average molecular weight is 304 g/mol. The molecule has 3 atom stereocenters. The summed E-state index contributed by atoms with van der Waals surface area (Å²) in [4.78, 5) is 0. The molecule has 0 heterocycles. The minimum atomic E-state index is -3.35. The van der Waals surface area contributed by atoms with Crippen molar-refractivity contribution < 1.29 is 8.42 Å². The van der Waals surface area contributed by atoms with Crippen molar-refractivity contribution in [2.75, 3.05) is 0 Å². The van der Waals surface area contributed by atoms with Gasteiger partial charge in [-0.25, -0.2) is 13.1 Å². The molecule has 112 valence electrons. The summed E-state index contributed by atoms with van der Waals surface area (Å²) in [7, 11) is -3.35. The molecule has 1 saturated carbocycles. The number of benzene rings is 1. The van der Waals surface area contributed by atoms with Crippen LogP contribution in [0.4, 0.5) is 0 Å². The summed E-state index contributed by atoms with van der Waals surface area (Å²) >= 11 is 0. The van der Waals surface area contributed by atoms with Crippen LogP contribution in [0.5, 0.6) is 0 Å². The van der Waals surface area contributed by atoms with Gasteiger partial charge in [-0.05, 0) is 49.7 Å². The van der Waals surface area contributed by atoms with Gasteiger partial charge in [-0.1, -0.05) is 24.3 Å². The molecular formula is C16H20N2O2S. The zero-order chi connectivity index (χ0) is 14.9. The van der Waals surface area contributed by atoms with Crippen molar-refractivity contribution in [3.05, 3.63) is 35.4 Å². The molecule has 21 heavy (non-hydrogen) atoms. The molecule has 0 saturated heterocycles. The van der Waals surface area contributed by atoms with E-state index in [0.717, 1.165) is 24.8 Å². The second-order valence-corrected chi connectivity index (χ2v) is 8.06. The van der Waals surface area contributed by atoms with Crippen molar-refractivity contribution in [3.8, 4) is 6.07 Å². The highest BCUT2D eigenvalue weighted by Gasteiger charge is 2.36. The first kappa shape index (κ1) is 14.6. The van der Waals surface area contributed by atoms with Crippen LogP contribution < -0.4 is 4.72 Å². The van der Waals surface area contributed by atoms with Crippen molar-refractivity contribution >= 4 is 10.0 Å². The Morgan fingerprint density at radius 1 is 1.19 bits per heavy atom. The summed E-state index contributed by atoms with van der Waals surface area (Å²) in [6.45, 7) is 0. The molecule has 1 aromatic carbocycles. The van der Waals surface area contributed by atoms with Gasteiger partial charge in [0, 0.05) is 12.0 Å². The van der Waals surface area contributed by atoms with Crippen LogP contribution in [0.25, 0.3) is 0 Å². The van der Waals surface area contributed by atoms with Crippen LogP contribution in [0.2, 0.25) is 0 Å². The number of hydrogen-bond acceptors (Lipinski definition) is 3. The summed E-state index contributed by atoms with van der Waals surface area (Å²) in [6, 6.07) is 10.2. The average Bonchev–Trinajstić information content (AvgIpc) is 2.97. The summed E-state index contributed by atoms with van der Waals surface area (Å²) in [5.41, 5.74) is 2.36. The Balaban J connectivity index is 1.77. The summed E-state index contributed by atoms with van der Waals surface area (Å²) in [6.07, 6.45) is 4.65. The Hall–Kier alpha value is -1.38. The van der Waals surface area contributed by atoms with Gasteiger partial charge in [-0.15, -0.1) is 0 Å². The lowest BCUT2D eigenvalue weighted by molar-refractivity contribution is 0.499. The summed E-state index contributed by atoms with van der Waals surface area (Å²) < 4.78 is 28.0. The van der Waals surface area contributed by atoms with Crippen LogP contribution in [-0.2, 0) is 16.4 Å². The third-order valence-electron chi connectivity index (χ3n) is 4.68. The van der Waals surface area contributed by atoms with Crippen molar-refractivity contribution in [2.24, 2.45) is 5.92 Å². The molecule has 0 radical (unpaired) electrons. The zero-order valence-corrected chi connectivity index (χ0v) is 12.8. The molecule has 0 bridgehead atoms. The molecule has 2 aliphatic rings. The van der Waals surface area contributed by atoms with Crippen LogP contribution in [0.15, 0.2) is 24.3 Å². The number of rotatable bonds is 3. The molecule has 4 nitrogen and oxygen atoms in total. The molecule has 3 rings (SSSR count). The van der Waals surface area contributed by atoms with E-state index in [1.165, 1.54) is 5.56 Å². The molecule has 0 spiro atoms. The maximum atomic E-state index is 12.6. The predicted molar refractivity (Wildman–Crippen MR) is 80.9 cm³/mol. The SMILES string of the molecule is N#CC1CCC(S(=O)(=O)NC2CCCc3ccccc32)C1. The van der Waals surface area contributed by atoms with Gasteiger partial charge in [-0.2, -0.15) is 5.26 Å². The van der Waals surface area contributed by atoms with Crippen molar-refractivity contribution in [3.63, 3.8) is 0 Å². The largest absolute Gasteiger partial charge is 0.215 e. The predicted octanol–water partition coefficient (Wildman–Crippen LogP) is 2.68. The van der Waals surface area contributed by atoms with Crippen LogP contribution in [0, 0.1) is 17.2 Å². The van der Waals surface area contributed by atoms with Gasteiger partial charge in [0.05, 0.1) is 11.3 Å². The number of nitrogens with one attached hydrogen (secondary N) is 1. The maximum absolute atomic E-state index is 12.6. The van der Waals surface area contributed by atoms with Gasteiger partial charge < -0.3 is 0 Å². The summed E-state index contributed by atoms with van der Waals surface area (Å²) in [5, 5.41) is 8.53. The van der Waals surface area contributed by atoms with Crippen molar-refractivity contribution in [1.29, 1.82) is 5.26 Å². The number of aryl methyl sites for hydroxylation is 1. The van der Waals surface area contributed by atoms with E-state index in [-0.39, 0.29) is 12.0 Å². The maximum Gasteiger partial charge on any atom is 0.215 e. The van der Waals surface area contributed by atoms with Gasteiger partial charge in [0.15, 0.2) is 0 Å². The Morgan fingerprint density at radius 3 is 2.76 bits per heavy atom. The van der Waals surface area contributed by atoms with E-state index in [2.05, 4.69) is 16.9 Å². The number of hydrogen-bond donors (Lipinski definition) is 1. The topological polar surface area (TPSA) is 70.0 Å². The molecule has 2 aliphatic carbocycles. The lowest BCUT2D eigenvalue weighted by Crippen LogP contribution is -2.37. The lowest BCUT2D eigenvalue weighted by atomic mass is 9.88. The minimum Gasteiger partial charge on any atom is -0.212 e. The number of fused-ring (bicyclic) bond motifs is 1. The molecule has 0 aliphatic heterocycles. The molecule has 5 heteroatoms. The van der Waals surface area contributed by atoms with Crippen LogP contribution in [-0.4, -0.2) is 13.7 Å². The van der Waals surface area contributed by atoms with E-state index in [1.54, 1.807) is 0 Å². The molecule has 1 N–H and O–H groups in total. The van der Waals surface area contributed by atoms with Gasteiger partial charge in [0.1, 0.15) is 0 Å². The Morgan fingerprint density at radius 2 is 2.00 bits per heavy atom. The fourth-order valence-electron chi connectivity index (χ4n) is 3.51. The third-order valence-corrected chi connectivity index (χ3v) is 6.60. The lowest BCUT2D eigenvalue weighted by Gasteiger charge is -2.27. The number of nitrogens with zero attached hydrogens (tertiary/aromatic N) is 1. The second-order valence-electron chi connectivity index (χ2n) is 6.07. The van der Waals surface area contributed by atoms with Crippen LogP contribution >= 0.6 is 0 Å². The molecular weight excluding hydrogens is 284 g/mol. The van der Waals surface area contributed by atoms with Crippen LogP contribution in [0.1, 0.15) is 49.3 Å². The van der Waals surface area contributed by atoms with E-state index in [9.17, 15) is 8.42 Å². The molecule has 1 fully saturated rings.